The Labute approximate surface area is 89.0 Å². The third-order valence-electron chi connectivity index (χ3n) is 2.57. The second-order valence-corrected chi connectivity index (χ2v) is 3.86. The number of hydrogen-bond acceptors (Lipinski definition) is 3. The summed E-state index contributed by atoms with van der Waals surface area (Å²) in [7, 11) is 3.96. The van der Waals surface area contributed by atoms with E-state index < -0.39 is 5.97 Å². The molecule has 84 valence electrons. The first kappa shape index (κ1) is 11.7. The van der Waals surface area contributed by atoms with E-state index in [0.717, 1.165) is 18.6 Å². The van der Waals surface area contributed by atoms with Gasteiger partial charge in [-0.15, -0.1) is 0 Å². The van der Waals surface area contributed by atoms with Gasteiger partial charge >= 0.3 is 5.97 Å². The van der Waals surface area contributed by atoms with Gasteiger partial charge in [0.05, 0.1) is 0 Å². The van der Waals surface area contributed by atoms with Crippen molar-refractivity contribution in [3.63, 3.8) is 0 Å². The molecular formula is C10H16N2O3. The minimum absolute atomic E-state index is 0.221. The maximum absolute atomic E-state index is 11.5. The van der Waals surface area contributed by atoms with Gasteiger partial charge < -0.3 is 14.9 Å². The van der Waals surface area contributed by atoms with Crippen LogP contribution < -0.4 is 0 Å². The van der Waals surface area contributed by atoms with E-state index in [1.807, 2.05) is 14.1 Å². The van der Waals surface area contributed by atoms with Crippen LogP contribution in [0.15, 0.2) is 12.2 Å². The Bertz CT molecular complexity index is 286. The highest BCUT2D eigenvalue weighted by molar-refractivity contribution is 5.94. The minimum atomic E-state index is -1.09. The minimum Gasteiger partial charge on any atom is -0.478 e. The monoisotopic (exact) mass is 212 g/mol. The van der Waals surface area contributed by atoms with E-state index in [4.69, 9.17) is 5.11 Å². The van der Waals surface area contributed by atoms with Crippen LogP contribution in [0, 0.1) is 0 Å². The lowest BCUT2D eigenvalue weighted by atomic mass is 10.2. The highest BCUT2D eigenvalue weighted by Crippen LogP contribution is 2.13. The molecule has 0 saturated carbocycles. The molecule has 0 aromatic rings. The Morgan fingerprint density at radius 1 is 1.40 bits per heavy atom. The zero-order valence-electron chi connectivity index (χ0n) is 9.01. The lowest BCUT2D eigenvalue weighted by molar-refractivity contribution is -0.132. The summed E-state index contributed by atoms with van der Waals surface area (Å²) in [6.45, 7) is 1.38. The van der Waals surface area contributed by atoms with Crippen LogP contribution in [0.1, 0.15) is 6.42 Å². The number of hydrogen-bond donors (Lipinski definition) is 1. The van der Waals surface area contributed by atoms with Crippen LogP contribution in [0.2, 0.25) is 0 Å². The van der Waals surface area contributed by atoms with Gasteiger partial charge in [-0.3, -0.25) is 4.79 Å². The van der Waals surface area contributed by atoms with Crippen molar-refractivity contribution >= 4 is 11.9 Å². The molecule has 1 N–H and O–H groups in total. The average Bonchev–Trinajstić information content (AvgIpc) is 2.62. The summed E-state index contributed by atoms with van der Waals surface area (Å²) in [6, 6.07) is 0.382. The van der Waals surface area contributed by atoms with Crippen LogP contribution in [-0.2, 0) is 9.59 Å². The zero-order valence-corrected chi connectivity index (χ0v) is 9.01. The van der Waals surface area contributed by atoms with E-state index in [0.29, 0.717) is 19.1 Å². The molecule has 5 nitrogen and oxygen atoms in total. The van der Waals surface area contributed by atoms with Crippen molar-refractivity contribution in [1.29, 1.82) is 0 Å². The third-order valence-corrected chi connectivity index (χ3v) is 2.57. The molecule has 0 bridgehead atoms. The first-order valence-corrected chi connectivity index (χ1v) is 4.87. The van der Waals surface area contributed by atoms with Gasteiger partial charge in [-0.05, 0) is 20.5 Å². The molecule has 0 aliphatic carbocycles. The second-order valence-electron chi connectivity index (χ2n) is 3.86. The molecule has 1 amide bonds. The van der Waals surface area contributed by atoms with Crippen molar-refractivity contribution in [2.75, 3.05) is 27.2 Å². The summed E-state index contributed by atoms with van der Waals surface area (Å²) in [6.07, 6.45) is 2.94. The maximum atomic E-state index is 11.5. The summed E-state index contributed by atoms with van der Waals surface area (Å²) >= 11 is 0. The predicted octanol–water partition coefficient (Wildman–Crippen LogP) is -0.210. The molecule has 0 aromatic carbocycles. The largest absolute Gasteiger partial charge is 0.478 e. The van der Waals surface area contributed by atoms with E-state index in [1.54, 1.807) is 4.90 Å². The fraction of sp³-hybridized carbons (Fsp3) is 0.600. The van der Waals surface area contributed by atoms with E-state index >= 15 is 0 Å². The highest BCUT2D eigenvalue weighted by atomic mass is 16.4. The maximum Gasteiger partial charge on any atom is 0.328 e. The first-order chi connectivity index (χ1) is 7.00. The number of amides is 1. The Balaban J connectivity index is 2.47. The number of aliphatic carboxylic acids is 1. The predicted molar refractivity (Wildman–Crippen MR) is 55.4 cm³/mol. The molecule has 1 saturated heterocycles. The number of carbonyl (C=O) groups excluding carboxylic acids is 1. The molecule has 15 heavy (non-hydrogen) atoms. The molecule has 1 rings (SSSR count). The van der Waals surface area contributed by atoms with Crippen molar-refractivity contribution in [2.45, 2.75) is 12.5 Å². The van der Waals surface area contributed by atoms with E-state index in [-0.39, 0.29) is 5.91 Å². The smallest absolute Gasteiger partial charge is 0.328 e. The second kappa shape index (κ2) is 4.93. The zero-order chi connectivity index (χ0) is 11.4. The van der Waals surface area contributed by atoms with Crippen molar-refractivity contribution in [3.05, 3.63) is 12.2 Å². The van der Waals surface area contributed by atoms with Crippen LogP contribution in [0.5, 0.6) is 0 Å². The molecule has 0 spiro atoms. The molecule has 1 fully saturated rings. The van der Waals surface area contributed by atoms with Gasteiger partial charge in [0.25, 0.3) is 0 Å². The third kappa shape index (κ3) is 3.36. The van der Waals surface area contributed by atoms with Crippen LogP contribution in [0.4, 0.5) is 0 Å². The van der Waals surface area contributed by atoms with Crippen LogP contribution in [0.3, 0.4) is 0 Å². The normalized spacial score (nSPS) is 21.5. The summed E-state index contributed by atoms with van der Waals surface area (Å²) in [4.78, 5) is 25.4. The topological polar surface area (TPSA) is 60.9 Å². The molecule has 0 radical (unpaired) electrons. The molecule has 5 heteroatoms. The molecule has 1 atom stereocenters. The number of carboxylic acids is 1. The Morgan fingerprint density at radius 2 is 2.07 bits per heavy atom. The van der Waals surface area contributed by atoms with E-state index in [1.165, 1.54) is 0 Å². The summed E-state index contributed by atoms with van der Waals surface area (Å²) in [5.41, 5.74) is 0. The van der Waals surface area contributed by atoms with Gasteiger partial charge in [0.15, 0.2) is 0 Å². The summed E-state index contributed by atoms with van der Waals surface area (Å²) in [5.74, 6) is -1.31. The Kier molecular flexibility index (Phi) is 3.85. The van der Waals surface area contributed by atoms with Crippen LogP contribution >= 0.6 is 0 Å². The number of likely N-dealkylation sites (N-methyl/N-ethyl adjacent to an activating group) is 1. The van der Waals surface area contributed by atoms with Gasteiger partial charge in [0.2, 0.25) is 5.91 Å². The average molecular weight is 212 g/mol. The first-order valence-electron chi connectivity index (χ1n) is 4.87. The lowest BCUT2D eigenvalue weighted by Crippen LogP contribution is -2.33. The fourth-order valence-corrected chi connectivity index (χ4v) is 1.61. The lowest BCUT2D eigenvalue weighted by Gasteiger charge is -2.19. The molecule has 1 aliphatic heterocycles. The standard InChI is InChI=1S/C10H16N2O3/c1-11(2)8-5-6-12(7-8)9(13)3-4-10(14)15/h3-4,8H,5-7H2,1-2H3,(H,14,15). The Hall–Kier alpha value is -1.36. The van der Waals surface area contributed by atoms with Crippen molar-refractivity contribution in [3.8, 4) is 0 Å². The molecule has 1 heterocycles. The molecular weight excluding hydrogens is 196 g/mol. The van der Waals surface area contributed by atoms with Gasteiger partial charge in [-0.2, -0.15) is 0 Å². The van der Waals surface area contributed by atoms with Gasteiger partial charge in [-0.25, -0.2) is 4.79 Å². The fourth-order valence-electron chi connectivity index (χ4n) is 1.61. The molecule has 0 aromatic heterocycles. The van der Waals surface area contributed by atoms with Crippen LogP contribution in [0.25, 0.3) is 0 Å². The number of rotatable bonds is 3. The number of nitrogens with zero attached hydrogens (tertiary/aromatic N) is 2. The van der Waals surface area contributed by atoms with E-state index in [9.17, 15) is 9.59 Å². The molecule has 1 aliphatic rings. The van der Waals surface area contributed by atoms with Gasteiger partial charge in [-0.1, -0.05) is 0 Å². The molecule has 1 unspecified atom stereocenters. The quantitative estimate of drug-likeness (QED) is 0.658. The van der Waals surface area contributed by atoms with E-state index in [2.05, 4.69) is 4.90 Å². The SMILES string of the molecule is CN(C)C1CCN(C(=O)C=CC(=O)O)C1. The summed E-state index contributed by atoms with van der Waals surface area (Å²) in [5, 5.41) is 8.38. The number of likely N-dealkylation sites (tertiary alicyclic amines) is 1. The van der Waals surface area contributed by atoms with Gasteiger partial charge in [0, 0.05) is 31.3 Å². The van der Waals surface area contributed by atoms with Gasteiger partial charge in [0.1, 0.15) is 0 Å². The van der Waals surface area contributed by atoms with Crippen molar-refractivity contribution < 1.29 is 14.7 Å². The van der Waals surface area contributed by atoms with Crippen LogP contribution in [-0.4, -0.2) is 60.0 Å². The number of carboxylic acid groups (broad SMARTS) is 1. The highest BCUT2D eigenvalue weighted by Gasteiger charge is 2.26. The summed E-state index contributed by atoms with van der Waals surface area (Å²) < 4.78 is 0. The Morgan fingerprint density at radius 3 is 2.53 bits per heavy atom. The van der Waals surface area contributed by atoms with Crippen molar-refractivity contribution in [2.24, 2.45) is 0 Å². The number of carbonyl (C=O) groups is 2. The van der Waals surface area contributed by atoms with Crippen molar-refractivity contribution in [1.82, 2.24) is 9.80 Å².